The first-order chi connectivity index (χ1) is 12.6. The maximum absolute atomic E-state index is 14.0. The summed E-state index contributed by atoms with van der Waals surface area (Å²) in [4.78, 5) is 0. The zero-order chi connectivity index (χ0) is 19.8. The molecule has 27 heavy (non-hydrogen) atoms. The van der Waals surface area contributed by atoms with Gasteiger partial charge in [0.2, 0.25) is 0 Å². The predicted molar refractivity (Wildman–Crippen MR) is 94.3 cm³/mol. The van der Waals surface area contributed by atoms with Crippen LogP contribution >= 0.6 is 0 Å². The van der Waals surface area contributed by atoms with Gasteiger partial charge in [-0.05, 0) is 55.1 Å². The van der Waals surface area contributed by atoms with E-state index in [4.69, 9.17) is 0 Å². The van der Waals surface area contributed by atoms with Gasteiger partial charge >= 0.3 is 6.18 Å². The Kier molecular flexibility index (Phi) is 5.74. The lowest BCUT2D eigenvalue weighted by atomic mass is 9.73. The molecule has 1 aromatic carbocycles. The van der Waals surface area contributed by atoms with Crippen molar-refractivity contribution < 1.29 is 26.7 Å². The van der Waals surface area contributed by atoms with Gasteiger partial charge in [-0.2, -0.15) is 13.2 Å². The largest absolute Gasteiger partial charge is 0.474 e. The van der Waals surface area contributed by atoms with Crippen molar-refractivity contribution in [1.29, 1.82) is 0 Å². The number of hydrogen-bond donors (Lipinski definition) is 0. The summed E-state index contributed by atoms with van der Waals surface area (Å²) in [5.41, 5.74) is 1.12. The summed E-state index contributed by atoms with van der Waals surface area (Å²) >= 11 is 0. The highest BCUT2D eigenvalue weighted by atomic mass is 19.4. The maximum atomic E-state index is 14.0. The molecular formula is C21H27F5O. The van der Waals surface area contributed by atoms with E-state index in [1.807, 2.05) is 0 Å². The second-order valence-corrected chi connectivity index (χ2v) is 8.22. The molecule has 2 atom stereocenters. The molecule has 0 aromatic heterocycles. The van der Waals surface area contributed by atoms with Crippen molar-refractivity contribution in [2.24, 2.45) is 11.8 Å². The summed E-state index contributed by atoms with van der Waals surface area (Å²) in [5.74, 6) is -2.33. The van der Waals surface area contributed by atoms with Gasteiger partial charge in [-0.3, -0.25) is 0 Å². The molecule has 1 heterocycles. The number of fused-ring (bicyclic) bond motifs is 1. The standard InChI is InChI=1S/C21H27F5O/c1-3-4-13(2)14-5-7-15(8-6-14)16-9-10-18-17(11-16)12-20(22,23)19(27-18)21(24,25)26/h9-11,13-15,19H,3-8,12H2,1-2H3. The third-order valence-corrected chi connectivity index (χ3v) is 6.23. The van der Waals surface area contributed by atoms with Gasteiger partial charge in [0.1, 0.15) is 5.75 Å². The number of hydrogen-bond acceptors (Lipinski definition) is 1. The van der Waals surface area contributed by atoms with Crippen molar-refractivity contribution in [3.05, 3.63) is 29.3 Å². The first-order valence-electron chi connectivity index (χ1n) is 9.85. The molecule has 152 valence electrons. The Morgan fingerprint density at radius 1 is 1.15 bits per heavy atom. The molecular weight excluding hydrogens is 363 g/mol. The lowest BCUT2D eigenvalue weighted by Crippen LogP contribution is -2.52. The second kappa shape index (κ2) is 7.59. The molecule has 1 nitrogen and oxygen atoms in total. The monoisotopic (exact) mass is 390 g/mol. The molecule has 1 aliphatic carbocycles. The minimum atomic E-state index is -5.09. The molecule has 1 saturated carbocycles. The van der Waals surface area contributed by atoms with Crippen LogP contribution in [0.1, 0.15) is 69.4 Å². The van der Waals surface area contributed by atoms with Crippen LogP contribution in [0.5, 0.6) is 5.75 Å². The van der Waals surface area contributed by atoms with E-state index < -0.39 is 24.6 Å². The van der Waals surface area contributed by atoms with E-state index in [-0.39, 0.29) is 17.2 Å². The third-order valence-electron chi connectivity index (χ3n) is 6.23. The highest BCUT2D eigenvalue weighted by molar-refractivity contribution is 5.41. The van der Waals surface area contributed by atoms with Crippen molar-refractivity contribution in [1.82, 2.24) is 0 Å². The first kappa shape index (κ1) is 20.4. The Balaban J connectivity index is 1.71. The van der Waals surface area contributed by atoms with E-state index in [0.717, 1.165) is 31.2 Å². The van der Waals surface area contributed by atoms with E-state index in [9.17, 15) is 22.0 Å². The molecule has 2 unspecified atom stereocenters. The zero-order valence-electron chi connectivity index (χ0n) is 15.8. The molecule has 0 spiro atoms. The highest BCUT2D eigenvalue weighted by Crippen LogP contribution is 2.45. The number of rotatable bonds is 4. The van der Waals surface area contributed by atoms with Crippen LogP contribution in [-0.4, -0.2) is 18.2 Å². The van der Waals surface area contributed by atoms with Crippen LogP contribution in [0.15, 0.2) is 18.2 Å². The maximum Gasteiger partial charge on any atom is 0.431 e. The molecule has 1 fully saturated rings. The smallest absolute Gasteiger partial charge is 0.431 e. The summed E-state index contributed by atoms with van der Waals surface area (Å²) in [7, 11) is 0. The third kappa shape index (κ3) is 4.40. The van der Waals surface area contributed by atoms with Crippen LogP contribution in [0.2, 0.25) is 0 Å². The number of benzene rings is 1. The van der Waals surface area contributed by atoms with Crippen LogP contribution in [0.25, 0.3) is 0 Å². The lowest BCUT2D eigenvalue weighted by Gasteiger charge is -2.35. The van der Waals surface area contributed by atoms with Gasteiger partial charge < -0.3 is 4.74 Å². The molecule has 0 radical (unpaired) electrons. The van der Waals surface area contributed by atoms with E-state index in [2.05, 4.69) is 18.6 Å². The van der Waals surface area contributed by atoms with E-state index in [1.54, 1.807) is 12.1 Å². The fourth-order valence-electron chi connectivity index (χ4n) is 4.69. The molecule has 0 saturated heterocycles. The van der Waals surface area contributed by atoms with Gasteiger partial charge in [0.15, 0.2) is 0 Å². The summed E-state index contributed by atoms with van der Waals surface area (Å²) in [6.45, 7) is 4.49. The zero-order valence-corrected chi connectivity index (χ0v) is 15.8. The molecule has 0 bridgehead atoms. The molecule has 0 N–H and O–H groups in total. The van der Waals surface area contributed by atoms with Crippen LogP contribution in [0.3, 0.4) is 0 Å². The SMILES string of the molecule is CCCC(C)C1CCC(c2ccc3c(c2)CC(F)(F)C(C(F)(F)F)O3)CC1. The predicted octanol–water partition coefficient (Wildman–Crippen LogP) is 6.90. The minimum absolute atomic E-state index is 0.0720. The summed E-state index contributed by atoms with van der Waals surface area (Å²) in [5, 5.41) is 0. The van der Waals surface area contributed by atoms with Gasteiger partial charge in [0.05, 0.1) is 0 Å². The van der Waals surface area contributed by atoms with E-state index in [1.165, 1.54) is 18.9 Å². The fraction of sp³-hybridized carbons (Fsp3) is 0.714. The van der Waals surface area contributed by atoms with Crippen molar-refractivity contribution in [3.63, 3.8) is 0 Å². The normalized spacial score (nSPS) is 28.9. The Morgan fingerprint density at radius 2 is 1.81 bits per heavy atom. The van der Waals surface area contributed by atoms with Crippen LogP contribution < -0.4 is 4.74 Å². The van der Waals surface area contributed by atoms with Gasteiger partial charge in [0.25, 0.3) is 12.0 Å². The van der Waals surface area contributed by atoms with Gasteiger partial charge in [0, 0.05) is 12.0 Å². The van der Waals surface area contributed by atoms with Crippen molar-refractivity contribution >= 4 is 0 Å². The van der Waals surface area contributed by atoms with E-state index in [0.29, 0.717) is 11.8 Å². The molecule has 1 aliphatic heterocycles. The number of halogens is 5. The molecule has 2 aliphatic rings. The van der Waals surface area contributed by atoms with E-state index >= 15 is 0 Å². The van der Waals surface area contributed by atoms with Crippen molar-refractivity contribution in [2.75, 3.05) is 0 Å². The molecule has 0 amide bonds. The van der Waals surface area contributed by atoms with Crippen molar-refractivity contribution in [2.45, 2.75) is 82.9 Å². The first-order valence-corrected chi connectivity index (χ1v) is 9.85. The number of ether oxygens (including phenoxy) is 1. The highest BCUT2D eigenvalue weighted by Gasteiger charge is 2.60. The minimum Gasteiger partial charge on any atom is -0.474 e. The summed E-state index contributed by atoms with van der Waals surface area (Å²) in [6, 6.07) is 4.82. The topological polar surface area (TPSA) is 9.23 Å². The number of alkyl halides is 5. The average molecular weight is 390 g/mol. The molecule has 3 rings (SSSR count). The van der Waals surface area contributed by atoms with Crippen LogP contribution in [0.4, 0.5) is 22.0 Å². The van der Waals surface area contributed by atoms with Crippen LogP contribution in [0, 0.1) is 11.8 Å². The summed E-state index contributed by atoms with van der Waals surface area (Å²) < 4.78 is 71.2. The average Bonchev–Trinajstić information content (AvgIpc) is 2.59. The van der Waals surface area contributed by atoms with Gasteiger partial charge in [-0.15, -0.1) is 0 Å². The lowest BCUT2D eigenvalue weighted by molar-refractivity contribution is -0.264. The fourth-order valence-corrected chi connectivity index (χ4v) is 4.69. The Labute approximate surface area is 157 Å². The van der Waals surface area contributed by atoms with Gasteiger partial charge in [-0.1, -0.05) is 38.8 Å². The summed E-state index contributed by atoms with van der Waals surface area (Å²) in [6.07, 6.45) is -2.45. The molecule has 1 aromatic rings. The Bertz CT molecular complexity index is 646. The van der Waals surface area contributed by atoms with Crippen molar-refractivity contribution in [3.8, 4) is 5.75 Å². The Hall–Kier alpha value is -1.33. The van der Waals surface area contributed by atoms with Crippen LogP contribution in [-0.2, 0) is 6.42 Å². The Morgan fingerprint density at radius 3 is 2.41 bits per heavy atom. The molecule has 6 heteroatoms. The second-order valence-electron chi connectivity index (χ2n) is 8.22. The van der Waals surface area contributed by atoms with Gasteiger partial charge in [-0.25, -0.2) is 8.78 Å². The quantitative estimate of drug-likeness (QED) is 0.508.